The summed E-state index contributed by atoms with van der Waals surface area (Å²) in [6, 6.07) is 9.72. The van der Waals surface area contributed by atoms with Gasteiger partial charge in [-0.1, -0.05) is 23.7 Å². The van der Waals surface area contributed by atoms with Gasteiger partial charge in [-0.3, -0.25) is 4.79 Å². The lowest BCUT2D eigenvalue weighted by Crippen LogP contribution is -2.36. The van der Waals surface area contributed by atoms with Crippen LogP contribution in [0.2, 0.25) is 5.02 Å². The number of carbonyl (C=O) groups is 1. The van der Waals surface area contributed by atoms with Gasteiger partial charge in [0.2, 0.25) is 0 Å². The summed E-state index contributed by atoms with van der Waals surface area (Å²) in [5.74, 6) is 0.0686. The summed E-state index contributed by atoms with van der Waals surface area (Å²) in [5, 5.41) is 2.61. The third-order valence-corrected chi connectivity index (χ3v) is 4.96. The molecule has 0 saturated heterocycles. The Hall–Kier alpha value is -0.590. The Balaban J connectivity index is 2.21. The molecule has 0 bridgehead atoms. The SMILES string of the molecule is CC(C)N(Cc1cccc(Cl)c1)C(=O)c1csc(I)c1. The Morgan fingerprint density at radius 3 is 2.70 bits per heavy atom. The van der Waals surface area contributed by atoms with Gasteiger partial charge in [0.05, 0.1) is 8.45 Å². The molecule has 0 N–H and O–H groups in total. The number of benzene rings is 1. The molecule has 1 aromatic heterocycles. The molecule has 5 heteroatoms. The lowest BCUT2D eigenvalue weighted by Gasteiger charge is -2.26. The Bertz CT molecular complexity index is 611. The Kier molecular flexibility index (Phi) is 5.46. The fourth-order valence-electron chi connectivity index (χ4n) is 1.91. The molecule has 0 fully saturated rings. The van der Waals surface area contributed by atoms with Crippen LogP contribution < -0.4 is 0 Å². The first-order chi connectivity index (χ1) is 9.47. The van der Waals surface area contributed by atoms with Crippen molar-refractivity contribution in [2.45, 2.75) is 26.4 Å². The number of hydrogen-bond acceptors (Lipinski definition) is 2. The zero-order valence-electron chi connectivity index (χ0n) is 11.3. The number of amides is 1. The van der Waals surface area contributed by atoms with E-state index in [1.54, 1.807) is 11.3 Å². The van der Waals surface area contributed by atoms with E-state index in [1.807, 2.05) is 54.5 Å². The van der Waals surface area contributed by atoms with Crippen molar-refractivity contribution in [1.82, 2.24) is 4.90 Å². The van der Waals surface area contributed by atoms with E-state index in [9.17, 15) is 4.79 Å². The van der Waals surface area contributed by atoms with Crippen molar-refractivity contribution in [3.63, 3.8) is 0 Å². The molecule has 0 radical (unpaired) electrons. The summed E-state index contributed by atoms with van der Waals surface area (Å²) in [6.45, 7) is 4.63. The van der Waals surface area contributed by atoms with E-state index in [2.05, 4.69) is 22.6 Å². The van der Waals surface area contributed by atoms with Gasteiger partial charge < -0.3 is 4.90 Å². The number of halogens is 2. The minimum absolute atomic E-state index is 0.0686. The van der Waals surface area contributed by atoms with E-state index in [0.29, 0.717) is 11.6 Å². The van der Waals surface area contributed by atoms with E-state index in [1.165, 1.54) is 0 Å². The molecule has 0 unspecified atom stereocenters. The highest BCUT2D eigenvalue weighted by Gasteiger charge is 2.20. The molecule has 0 aliphatic rings. The first-order valence-corrected chi connectivity index (χ1v) is 8.60. The molecule has 2 nitrogen and oxygen atoms in total. The van der Waals surface area contributed by atoms with Crippen LogP contribution in [0.15, 0.2) is 35.7 Å². The molecule has 20 heavy (non-hydrogen) atoms. The summed E-state index contributed by atoms with van der Waals surface area (Å²) in [7, 11) is 0. The maximum Gasteiger partial charge on any atom is 0.255 e. The van der Waals surface area contributed by atoms with Crippen LogP contribution in [0.25, 0.3) is 0 Å². The van der Waals surface area contributed by atoms with Gasteiger partial charge in [-0.2, -0.15) is 0 Å². The van der Waals surface area contributed by atoms with Crippen LogP contribution in [0.5, 0.6) is 0 Å². The van der Waals surface area contributed by atoms with Crippen molar-refractivity contribution in [3.05, 3.63) is 54.7 Å². The van der Waals surface area contributed by atoms with Crippen LogP contribution in [0.4, 0.5) is 0 Å². The highest BCUT2D eigenvalue weighted by atomic mass is 127. The van der Waals surface area contributed by atoms with Gasteiger partial charge in [0, 0.05) is 23.0 Å². The fraction of sp³-hybridized carbons (Fsp3) is 0.267. The number of carbonyl (C=O) groups excluding carboxylic acids is 1. The maximum absolute atomic E-state index is 12.6. The Labute approximate surface area is 141 Å². The Morgan fingerprint density at radius 1 is 1.40 bits per heavy atom. The monoisotopic (exact) mass is 419 g/mol. The normalized spacial score (nSPS) is 10.8. The van der Waals surface area contributed by atoms with Crippen LogP contribution in [0, 0.1) is 2.88 Å². The zero-order valence-corrected chi connectivity index (χ0v) is 15.0. The van der Waals surface area contributed by atoms with Crippen molar-refractivity contribution in [3.8, 4) is 0 Å². The highest BCUT2D eigenvalue weighted by Crippen LogP contribution is 2.21. The van der Waals surface area contributed by atoms with Gasteiger partial charge in [-0.05, 0) is 60.2 Å². The molecule has 0 saturated carbocycles. The molecular formula is C15H15ClINOS. The third kappa shape index (κ3) is 3.96. The van der Waals surface area contributed by atoms with Gasteiger partial charge in [-0.15, -0.1) is 11.3 Å². The van der Waals surface area contributed by atoms with Crippen LogP contribution in [0.1, 0.15) is 29.8 Å². The average molecular weight is 420 g/mol. The van der Waals surface area contributed by atoms with Crippen LogP contribution in [0.3, 0.4) is 0 Å². The number of nitrogens with zero attached hydrogens (tertiary/aromatic N) is 1. The van der Waals surface area contributed by atoms with Crippen molar-refractivity contribution in [2.24, 2.45) is 0 Å². The maximum atomic E-state index is 12.6. The number of rotatable bonds is 4. The van der Waals surface area contributed by atoms with Gasteiger partial charge in [0.15, 0.2) is 0 Å². The summed E-state index contributed by atoms with van der Waals surface area (Å²) in [4.78, 5) is 14.5. The second kappa shape index (κ2) is 6.91. The minimum Gasteiger partial charge on any atom is -0.332 e. The van der Waals surface area contributed by atoms with Crippen molar-refractivity contribution >= 4 is 51.4 Å². The smallest absolute Gasteiger partial charge is 0.255 e. The van der Waals surface area contributed by atoms with Crippen LogP contribution in [-0.2, 0) is 6.54 Å². The standard InChI is InChI=1S/C15H15ClINOS/c1-10(2)18(8-11-4-3-5-13(16)6-11)15(19)12-7-14(17)20-9-12/h3-7,9-10H,8H2,1-2H3. The molecule has 106 valence electrons. The molecule has 1 heterocycles. The second-order valence-electron chi connectivity index (χ2n) is 4.80. The van der Waals surface area contributed by atoms with Gasteiger partial charge in [0.25, 0.3) is 5.91 Å². The molecule has 0 spiro atoms. The summed E-state index contributed by atoms with van der Waals surface area (Å²) in [5.41, 5.74) is 1.81. The van der Waals surface area contributed by atoms with Crippen LogP contribution in [-0.4, -0.2) is 16.8 Å². The van der Waals surface area contributed by atoms with Crippen molar-refractivity contribution in [2.75, 3.05) is 0 Å². The lowest BCUT2D eigenvalue weighted by molar-refractivity contribution is 0.0691. The predicted molar refractivity (Wildman–Crippen MR) is 93.5 cm³/mol. The Morgan fingerprint density at radius 2 is 2.15 bits per heavy atom. The number of hydrogen-bond donors (Lipinski definition) is 0. The fourth-order valence-corrected chi connectivity index (χ4v) is 3.44. The third-order valence-electron chi connectivity index (χ3n) is 2.94. The molecular weight excluding hydrogens is 405 g/mol. The van der Waals surface area contributed by atoms with E-state index in [0.717, 1.165) is 14.0 Å². The van der Waals surface area contributed by atoms with Gasteiger partial charge in [-0.25, -0.2) is 0 Å². The highest BCUT2D eigenvalue weighted by molar-refractivity contribution is 14.1. The molecule has 0 atom stereocenters. The second-order valence-corrected chi connectivity index (χ2v) is 8.04. The zero-order chi connectivity index (χ0) is 14.7. The summed E-state index contributed by atoms with van der Waals surface area (Å²) in [6.07, 6.45) is 0. The number of thiophene rings is 1. The van der Waals surface area contributed by atoms with Crippen LogP contribution >= 0.6 is 45.5 Å². The van der Waals surface area contributed by atoms with E-state index < -0.39 is 0 Å². The van der Waals surface area contributed by atoms with Crippen molar-refractivity contribution in [1.29, 1.82) is 0 Å². The minimum atomic E-state index is 0.0686. The van der Waals surface area contributed by atoms with Crippen molar-refractivity contribution < 1.29 is 4.79 Å². The van der Waals surface area contributed by atoms with E-state index in [4.69, 9.17) is 11.6 Å². The molecule has 2 rings (SSSR count). The predicted octanol–water partition coefficient (Wildman–Crippen LogP) is 5.06. The molecule has 0 aliphatic carbocycles. The summed E-state index contributed by atoms with van der Waals surface area (Å²) >= 11 is 9.83. The molecule has 0 aliphatic heterocycles. The lowest BCUT2D eigenvalue weighted by atomic mass is 10.1. The topological polar surface area (TPSA) is 20.3 Å². The quantitative estimate of drug-likeness (QED) is 0.635. The van der Waals surface area contributed by atoms with Gasteiger partial charge in [0.1, 0.15) is 0 Å². The van der Waals surface area contributed by atoms with E-state index in [-0.39, 0.29) is 11.9 Å². The largest absolute Gasteiger partial charge is 0.332 e. The summed E-state index contributed by atoms with van der Waals surface area (Å²) < 4.78 is 1.12. The molecule has 1 aromatic carbocycles. The molecule has 1 amide bonds. The van der Waals surface area contributed by atoms with E-state index >= 15 is 0 Å². The first kappa shape index (κ1) is 15.8. The molecule has 2 aromatic rings. The van der Waals surface area contributed by atoms with Gasteiger partial charge >= 0.3 is 0 Å². The first-order valence-electron chi connectivity index (χ1n) is 6.27. The average Bonchev–Trinajstić information content (AvgIpc) is 2.82.